The quantitative estimate of drug-likeness (QED) is 0.0580. The van der Waals surface area contributed by atoms with Crippen molar-refractivity contribution in [3.63, 3.8) is 0 Å². The minimum absolute atomic E-state index is 0.00947. The molecular weight excluding hydrogens is 540 g/mol. The number of ketones is 2. The summed E-state index contributed by atoms with van der Waals surface area (Å²) >= 11 is 0. The van der Waals surface area contributed by atoms with Gasteiger partial charge in [0.1, 0.15) is 31.0 Å². The van der Waals surface area contributed by atoms with Gasteiger partial charge in [-0.3, -0.25) is 14.4 Å². The van der Waals surface area contributed by atoms with Crippen LogP contribution in [0, 0.1) is 0 Å². The molecule has 5 atom stereocenters. The Kier molecular flexibility index (Phi) is 24.2. The number of aliphatic hydroxyl groups excluding tert-OH is 4. The zero-order valence-corrected chi connectivity index (χ0v) is 26.7. The number of hydrogen-bond acceptors (Lipinski definition) is 9. The fourth-order valence-corrected chi connectivity index (χ4v) is 5.00. The number of aliphatic hydroxyl groups is 5. The number of hydrogen-bond donors (Lipinski definition) is 5. The molecular formula is C33H62O9. The van der Waals surface area contributed by atoms with E-state index >= 15 is 0 Å². The van der Waals surface area contributed by atoms with E-state index in [0.717, 1.165) is 96.3 Å². The van der Waals surface area contributed by atoms with Crippen LogP contribution in [0.5, 0.6) is 0 Å². The molecule has 9 heteroatoms. The normalized spacial score (nSPS) is 15.9. The summed E-state index contributed by atoms with van der Waals surface area (Å²) in [5.74, 6) is -2.18. The van der Waals surface area contributed by atoms with E-state index in [4.69, 9.17) is 4.74 Å². The first-order valence-electron chi connectivity index (χ1n) is 16.7. The van der Waals surface area contributed by atoms with Crippen molar-refractivity contribution in [2.24, 2.45) is 0 Å². The minimum atomic E-state index is -2.71. The predicted molar refractivity (Wildman–Crippen MR) is 164 cm³/mol. The number of Topliss-reactive ketones (excluding diaryl/α,β-unsaturated/α-hetero) is 2. The first kappa shape index (κ1) is 40.6. The van der Waals surface area contributed by atoms with E-state index < -0.39 is 54.2 Å². The molecule has 42 heavy (non-hydrogen) atoms. The highest BCUT2D eigenvalue weighted by atomic mass is 16.5. The zero-order valence-electron chi connectivity index (χ0n) is 26.7. The van der Waals surface area contributed by atoms with Gasteiger partial charge >= 0.3 is 5.97 Å². The number of rotatable bonds is 29. The summed E-state index contributed by atoms with van der Waals surface area (Å²) in [6.45, 7) is 5.41. The molecule has 0 aliphatic rings. The second-order valence-electron chi connectivity index (χ2n) is 11.9. The van der Waals surface area contributed by atoms with Crippen molar-refractivity contribution in [1.29, 1.82) is 0 Å². The molecule has 0 aliphatic heterocycles. The molecule has 0 aromatic heterocycles. The maximum atomic E-state index is 13.1. The van der Waals surface area contributed by atoms with Crippen molar-refractivity contribution < 1.29 is 44.7 Å². The first-order valence-corrected chi connectivity index (χ1v) is 16.7. The van der Waals surface area contributed by atoms with Crippen molar-refractivity contribution in [2.75, 3.05) is 6.61 Å². The molecule has 248 valence electrons. The van der Waals surface area contributed by atoms with Gasteiger partial charge in [0.15, 0.2) is 17.2 Å². The van der Waals surface area contributed by atoms with Gasteiger partial charge in [-0.25, -0.2) is 0 Å². The topological polar surface area (TPSA) is 162 Å². The maximum Gasteiger partial charge on any atom is 0.305 e. The lowest BCUT2D eigenvalue weighted by Gasteiger charge is -2.36. The lowest BCUT2D eigenvalue weighted by Crippen LogP contribution is -2.62. The van der Waals surface area contributed by atoms with Crippen LogP contribution in [0.3, 0.4) is 0 Å². The van der Waals surface area contributed by atoms with E-state index in [1.54, 1.807) is 0 Å². The summed E-state index contributed by atoms with van der Waals surface area (Å²) in [5, 5.41) is 53.7. The molecule has 0 amide bonds. The van der Waals surface area contributed by atoms with Gasteiger partial charge in [0.2, 0.25) is 0 Å². The van der Waals surface area contributed by atoms with E-state index in [-0.39, 0.29) is 19.3 Å². The Morgan fingerprint density at radius 2 is 0.976 bits per heavy atom. The van der Waals surface area contributed by atoms with Crippen LogP contribution in [0.4, 0.5) is 0 Å². The van der Waals surface area contributed by atoms with Gasteiger partial charge in [-0.05, 0) is 19.3 Å². The third kappa shape index (κ3) is 17.0. The first-order chi connectivity index (χ1) is 20.1. The summed E-state index contributed by atoms with van der Waals surface area (Å²) in [6.07, 6.45) is 7.76. The standard InChI is InChI=1S/C33H62O9/c1-4-7-10-13-16-19-22-26(34)29(37)30(38)31(39)32(40)33(41,27(35)23-20-17-14-11-8-5-2)25-42-28(36)24-21-18-15-12-9-6-3/h29-32,37-41H,4-25H2,1-3H3/t29?,30-,31+,32-,33-/m0/s1. The zero-order chi connectivity index (χ0) is 31.8. The van der Waals surface area contributed by atoms with Crippen LogP contribution in [-0.4, -0.2) is 79.7 Å². The van der Waals surface area contributed by atoms with Crippen molar-refractivity contribution in [1.82, 2.24) is 0 Å². The third-order valence-corrected chi connectivity index (χ3v) is 8.02. The molecule has 0 bridgehead atoms. The fourth-order valence-electron chi connectivity index (χ4n) is 5.00. The second kappa shape index (κ2) is 25.0. The SMILES string of the molecule is CCCCCCCCC(=O)OC[C@](O)(C(=O)CCCCCCCC)[C@@H](O)[C@H](O)[C@@H](O)C(O)C(=O)CCCCCCCC. The van der Waals surface area contributed by atoms with E-state index in [9.17, 15) is 39.9 Å². The van der Waals surface area contributed by atoms with Crippen molar-refractivity contribution in [2.45, 2.75) is 186 Å². The van der Waals surface area contributed by atoms with Crippen LogP contribution >= 0.6 is 0 Å². The third-order valence-electron chi connectivity index (χ3n) is 8.02. The lowest BCUT2D eigenvalue weighted by molar-refractivity contribution is -0.195. The second-order valence-corrected chi connectivity index (χ2v) is 11.9. The minimum Gasteiger partial charge on any atom is -0.462 e. The van der Waals surface area contributed by atoms with Gasteiger partial charge in [-0.15, -0.1) is 0 Å². The molecule has 0 spiro atoms. The molecule has 0 radical (unpaired) electrons. The molecule has 0 saturated carbocycles. The van der Waals surface area contributed by atoms with Crippen LogP contribution < -0.4 is 0 Å². The summed E-state index contributed by atoms with van der Waals surface area (Å²) in [5.41, 5.74) is -2.71. The highest BCUT2D eigenvalue weighted by Crippen LogP contribution is 2.24. The van der Waals surface area contributed by atoms with E-state index in [1.165, 1.54) is 0 Å². The molecule has 0 rings (SSSR count). The Labute approximate surface area is 254 Å². The molecule has 5 N–H and O–H groups in total. The monoisotopic (exact) mass is 602 g/mol. The van der Waals surface area contributed by atoms with Gasteiger partial charge in [0.05, 0.1) is 0 Å². The molecule has 0 aliphatic carbocycles. The number of unbranched alkanes of at least 4 members (excludes halogenated alkanes) is 15. The lowest BCUT2D eigenvalue weighted by atomic mass is 9.83. The van der Waals surface area contributed by atoms with Crippen LogP contribution in [0.1, 0.15) is 156 Å². The van der Waals surface area contributed by atoms with Crippen LogP contribution in [-0.2, 0) is 19.1 Å². The summed E-state index contributed by atoms with van der Waals surface area (Å²) in [6, 6.07) is 0. The Morgan fingerprint density at radius 1 is 0.571 bits per heavy atom. The van der Waals surface area contributed by atoms with E-state index in [1.807, 2.05) is 0 Å². The van der Waals surface area contributed by atoms with Gasteiger partial charge in [-0.2, -0.15) is 0 Å². The predicted octanol–water partition coefficient (Wildman–Crippen LogP) is 5.09. The average Bonchev–Trinajstić information content (AvgIpc) is 2.99. The van der Waals surface area contributed by atoms with Crippen molar-refractivity contribution in [3.05, 3.63) is 0 Å². The smallest absolute Gasteiger partial charge is 0.305 e. The Bertz CT molecular complexity index is 714. The largest absolute Gasteiger partial charge is 0.462 e. The average molecular weight is 603 g/mol. The van der Waals surface area contributed by atoms with E-state index in [2.05, 4.69) is 20.8 Å². The van der Waals surface area contributed by atoms with Crippen LogP contribution in [0.25, 0.3) is 0 Å². The Balaban J connectivity index is 5.23. The molecule has 9 nitrogen and oxygen atoms in total. The highest BCUT2D eigenvalue weighted by Gasteiger charge is 2.50. The molecule has 0 heterocycles. The van der Waals surface area contributed by atoms with Crippen molar-refractivity contribution in [3.8, 4) is 0 Å². The Hall–Kier alpha value is -1.39. The maximum absolute atomic E-state index is 13.1. The number of ether oxygens (including phenoxy) is 1. The number of carbonyl (C=O) groups excluding carboxylic acids is 3. The van der Waals surface area contributed by atoms with Gasteiger partial charge in [0.25, 0.3) is 0 Å². The van der Waals surface area contributed by atoms with Gasteiger partial charge in [0, 0.05) is 19.3 Å². The highest BCUT2D eigenvalue weighted by molar-refractivity contribution is 5.88. The molecule has 0 aromatic rings. The molecule has 0 saturated heterocycles. The molecule has 1 unspecified atom stereocenters. The molecule has 0 fully saturated rings. The number of carbonyl (C=O) groups is 3. The van der Waals surface area contributed by atoms with Crippen molar-refractivity contribution >= 4 is 17.5 Å². The Morgan fingerprint density at radius 3 is 1.45 bits per heavy atom. The van der Waals surface area contributed by atoms with Gasteiger partial charge < -0.3 is 30.3 Å². The van der Waals surface area contributed by atoms with Crippen LogP contribution in [0.15, 0.2) is 0 Å². The summed E-state index contributed by atoms with van der Waals surface area (Å²) in [7, 11) is 0. The van der Waals surface area contributed by atoms with E-state index in [0.29, 0.717) is 19.3 Å². The fraction of sp³-hybridized carbons (Fsp3) is 0.909. The summed E-state index contributed by atoms with van der Waals surface area (Å²) in [4.78, 5) is 37.9. The molecule has 0 aromatic carbocycles. The summed E-state index contributed by atoms with van der Waals surface area (Å²) < 4.78 is 5.18. The van der Waals surface area contributed by atoms with Crippen LogP contribution in [0.2, 0.25) is 0 Å². The van der Waals surface area contributed by atoms with Gasteiger partial charge in [-0.1, -0.05) is 117 Å². The number of esters is 1.